The van der Waals surface area contributed by atoms with Crippen molar-refractivity contribution < 1.29 is 14.6 Å². The van der Waals surface area contributed by atoms with Crippen molar-refractivity contribution in [3.63, 3.8) is 0 Å². The molecule has 0 spiro atoms. The first-order valence-corrected chi connectivity index (χ1v) is 8.55. The third kappa shape index (κ3) is 4.14. The summed E-state index contributed by atoms with van der Waals surface area (Å²) in [6.07, 6.45) is 4.56. The minimum atomic E-state index is -1.05. The van der Waals surface area contributed by atoms with Gasteiger partial charge in [-0.1, -0.05) is 29.8 Å². The van der Waals surface area contributed by atoms with Gasteiger partial charge in [-0.3, -0.25) is 0 Å². The van der Waals surface area contributed by atoms with Crippen molar-refractivity contribution in [3.8, 4) is 0 Å². The number of carbonyl (C=O) groups is 1. The Kier molecular flexibility index (Phi) is 5.28. The van der Waals surface area contributed by atoms with Gasteiger partial charge in [0.15, 0.2) is 5.69 Å². The molecule has 1 fully saturated rings. The number of nitrogens with zero attached hydrogens (tertiary/aromatic N) is 2. The number of anilines is 1. The number of hydrogen-bond donors (Lipinski definition) is 2. The fraction of sp³-hybridized carbons (Fsp3) is 0.421. The molecule has 1 aliphatic rings. The van der Waals surface area contributed by atoms with Crippen LogP contribution >= 0.6 is 0 Å². The van der Waals surface area contributed by atoms with Crippen LogP contribution in [-0.2, 0) is 4.74 Å². The highest BCUT2D eigenvalue weighted by Crippen LogP contribution is 2.31. The Morgan fingerprint density at radius 1 is 1.32 bits per heavy atom. The molecule has 6 heteroatoms. The molecule has 1 aromatic carbocycles. The van der Waals surface area contributed by atoms with Crippen molar-refractivity contribution in [2.45, 2.75) is 45.3 Å². The standard InChI is InChI=1S/C19H23N3O3/c1-12-5-3-6-14(9-12)16-8-4-7-15(25-16)10-20-18-13(2)17(19(23)24)21-11-22-18/h3,5-6,9,11,15-16H,4,7-8,10H2,1-2H3,(H,23,24)(H,20,21,22)/t15-,16+/m1/s1. The van der Waals surface area contributed by atoms with Gasteiger partial charge in [0.1, 0.15) is 12.1 Å². The molecule has 2 N–H and O–H groups in total. The highest BCUT2D eigenvalue weighted by atomic mass is 16.5. The van der Waals surface area contributed by atoms with Gasteiger partial charge in [-0.15, -0.1) is 0 Å². The van der Waals surface area contributed by atoms with Gasteiger partial charge in [-0.05, 0) is 38.7 Å². The van der Waals surface area contributed by atoms with E-state index in [4.69, 9.17) is 9.84 Å². The molecule has 0 bridgehead atoms. The summed E-state index contributed by atoms with van der Waals surface area (Å²) in [5.41, 5.74) is 3.02. The maximum Gasteiger partial charge on any atom is 0.354 e. The zero-order valence-electron chi connectivity index (χ0n) is 14.5. The van der Waals surface area contributed by atoms with Crippen molar-refractivity contribution in [2.24, 2.45) is 0 Å². The van der Waals surface area contributed by atoms with Gasteiger partial charge in [0, 0.05) is 12.1 Å². The van der Waals surface area contributed by atoms with Crippen LogP contribution in [0.2, 0.25) is 0 Å². The number of ether oxygens (including phenoxy) is 1. The first-order chi connectivity index (χ1) is 12.0. The Morgan fingerprint density at radius 3 is 2.92 bits per heavy atom. The molecule has 1 aromatic heterocycles. The molecule has 0 saturated carbocycles. The number of carboxylic acid groups (broad SMARTS) is 1. The number of aromatic nitrogens is 2. The van der Waals surface area contributed by atoms with E-state index in [9.17, 15) is 4.79 Å². The predicted molar refractivity (Wildman–Crippen MR) is 94.9 cm³/mol. The zero-order valence-corrected chi connectivity index (χ0v) is 14.5. The summed E-state index contributed by atoms with van der Waals surface area (Å²) in [4.78, 5) is 19.1. The fourth-order valence-electron chi connectivity index (χ4n) is 3.22. The van der Waals surface area contributed by atoms with Crippen LogP contribution in [0.15, 0.2) is 30.6 Å². The van der Waals surface area contributed by atoms with Crippen LogP contribution in [0.4, 0.5) is 5.82 Å². The zero-order chi connectivity index (χ0) is 17.8. The summed E-state index contributed by atoms with van der Waals surface area (Å²) >= 11 is 0. The van der Waals surface area contributed by atoms with Crippen molar-refractivity contribution >= 4 is 11.8 Å². The number of benzene rings is 1. The van der Waals surface area contributed by atoms with Crippen LogP contribution in [0.3, 0.4) is 0 Å². The molecule has 132 valence electrons. The summed E-state index contributed by atoms with van der Waals surface area (Å²) in [6, 6.07) is 8.44. The van der Waals surface area contributed by atoms with Crippen LogP contribution < -0.4 is 5.32 Å². The summed E-state index contributed by atoms with van der Waals surface area (Å²) in [7, 11) is 0. The second-order valence-corrected chi connectivity index (χ2v) is 6.47. The van der Waals surface area contributed by atoms with Crippen molar-refractivity contribution in [1.82, 2.24) is 9.97 Å². The lowest BCUT2D eigenvalue weighted by molar-refractivity contribution is -0.0442. The topological polar surface area (TPSA) is 84.3 Å². The third-order valence-electron chi connectivity index (χ3n) is 4.55. The van der Waals surface area contributed by atoms with Gasteiger partial charge in [0.2, 0.25) is 0 Å². The molecule has 2 aromatic rings. The number of nitrogens with one attached hydrogen (secondary N) is 1. The fourth-order valence-corrected chi connectivity index (χ4v) is 3.22. The molecule has 2 heterocycles. The van der Waals surface area contributed by atoms with Gasteiger partial charge in [0.25, 0.3) is 0 Å². The average Bonchev–Trinajstić information content (AvgIpc) is 2.61. The van der Waals surface area contributed by atoms with E-state index in [1.807, 2.05) is 0 Å². The molecule has 1 saturated heterocycles. The highest BCUT2D eigenvalue weighted by Gasteiger charge is 2.24. The Bertz CT molecular complexity index is 763. The normalized spacial score (nSPS) is 20.2. The number of carboxylic acids is 1. The highest BCUT2D eigenvalue weighted by molar-refractivity contribution is 5.88. The average molecular weight is 341 g/mol. The molecule has 2 atom stereocenters. The van der Waals surface area contributed by atoms with Crippen molar-refractivity contribution in [1.29, 1.82) is 0 Å². The maximum absolute atomic E-state index is 11.2. The second kappa shape index (κ2) is 7.61. The molecular formula is C19H23N3O3. The maximum atomic E-state index is 11.2. The van der Waals surface area contributed by atoms with E-state index in [1.165, 1.54) is 17.5 Å². The lowest BCUT2D eigenvalue weighted by atomic mass is 9.97. The van der Waals surface area contributed by atoms with Crippen LogP contribution in [0.5, 0.6) is 0 Å². The first kappa shape index (κ1) is 17.4. The molecule has 6 nitrogen and oxygen atoms in total. The van der Waals surface area contributed by atoms with Gasteiger partial charge < -0.3 is 15.2 Å². The van der Waals surface area contributed by atoms with Crippen LogP contribution in [0, 0.1) is 13.8 Å². The summed E-state index contributed by atoms with van der Waals surface area (Å²) in [5.74, 6) is -0.495. The summed E-state index contributed by atoms with van der Waals surface area (Å²) in [5, 5.41) is 12.4. The molecule has 0 radical (unpaired) electrons. The molecule has 0 unspecified atom stereocenters. The number of aromatic carboxylic acids is 1. The van der Waals surface area contributed by atoms with E-state index in [2.05, 4.69) is 46.5 Å². The summed E-state index contributed by atoms with van der Waals surface area (Å²) in [6.45, 7) is 4.39. The van der Waals surface area contributed by atoms with E-state index in [1.54, 1.807) is 6.92 Å². The van der Waals surface area contributed by atoms with E-state index < -0.39 is 5.97 Å². The molecule has 1 aliphatic heterocycles. The Labute approximate surface area is 147 Å². The Morgan fingerprint density at radius 2 is 2.16 bits per heavy atom. The van der Waals surface area contributed by atoms with E-state index in [-0.39, 0.29) is 17.9 Å². The smallest absolute Gasteiger partial charge is 0.354 e. The molecule has 0 amide bonds. The van der Waals surface area contributed by atoms with Crippen molar-refractivity contribution in [2.75, 3.05) is 11.9 Å². The SMILES string of the molecule is Cc1cccc([C@@H]2CCC[C@H](CNc3ncnc(C(=O)O)c3C)O2)c1. The van der Waals surface area contributed by atoms with Gasteiger partial charge in [-0.2, -0.15) is 0 Å². The predicted octanol–water partition coefficient (Wildman–Crippen LogP) is 3.51. The van der Waals surface area contributed by atoms with Crippen molar-refractivity contribution in [3.05, 3.63) is 53.0 Å². The molecule has 0 aliphatic carbocycles. The quantitative estimate of drug-likeness (QED) is 0.866. The largest absolute Gasteiger partial charge is 0.476 e. The number of rotatable bonds is 5. The number of hydrogen-bond acceptors (Lipinski definition) is 5. The minimum Gasteiger partial charge on any atom is -0.476 e. The second-order valence-electron chi connectivity index (χ2n) is 6.47. The summed E-state index contributed by atoms with van der Waals surface area (Å²) < 4.78 is 6.24. The van der Waals surface area contributed by atoms with Crippen LogP contribution in [0.25, 0.3) is 0 Å². The monoisotopic (exact) mass is 341 g/mol. The van der Waals surface area contributed by atoms with Gasteiger partial charge >= 0.3 is 5.97 Å². The van der Waals surface area contributed by atoms with Gasteiger partial charge in [-0.25, -0.2) is 14.8 Å². The molecule has 25 heavy (non-hydrogen) atoms. The Balaban J connectivity index is 1.64. The van der Waals surface area contributed by atoms with Gasteiger partial charge in [0.05, 0.1) is 12.2 Å². The molecule has 3 rings (SSSR count). The van der Waals surface area contributed by atoms with Crippen LogP contribution in [-0.4, -0.2) is 33.7 Å². The lowest BCUT2D eigenvalue weighted by Gasteiger charge is -2.31. The Hall–Kier alpha value is -2.47. The van der Waals surface area contributed by atoms with E-state index in [0.29, 0.717) is 17.9 Å². The van der Waals surface area contributed by atoms with Crippen LogP contribution in [0.1, 0.15) is 52.5 Å². The lowest BCUT2D eigenvalue weighted by Crippen LogP contribution is -2.29. The van der Waals surface area contributed by atoms with E-state index in [0.717, 1.165) is 19.3 Å². The minimum absolute atomic E-state index is 0.0275. The third-order valence-corrected chi connectivity index (χ3v) is 4.55. The number of aryl methyl sites for hydroxylation is 1. The first-order valence-electron chi connectivity index (χ1n) is 8.55. The van der Waals surface area contributed by atoms with E-state index >= 15 is 0 Å². The molecular weight excluding hydrogens is 318 g/mol.